The first-order valence-electron chi connectivity index (χ1n) is 13.8. The van der Waals surface area contributed by atoms with E-state index >= 15 is 0 Å². The maximum Gasteiger partial charge on any atom is 0.171 e. The highest BCUT2D eigenvalue weighted by Crippen LogP contribution is 2.48. The summed E-state index contributed by atoms with van der Waals surface area (Å²) >= 11 is 0. The summed E-state index contributed by atoms with van der Waals surface area (Å²) in [4.78, 5) is 0. The molecule has 0 aromatic heterocycles. The van der Waals surface area contributed by atoms with Crippen molar-refractivity contribution >= 4 is 40.8 Å². The smallest absolute Gasteiger partial charge is 0.171 e. The highest BCUT2D eigenvalue weighted by Gasteiger charge is 2.31. The molecule has 0 atom stereocenters. The molecule has 0 aliphatic heterocycles. The molecule has 0 unspecified atom stereocenters. The lowest BCUT2D eigenvalue weighted by Gasteiger charge is -2.23. The van der Waals surface area contributed by atoms with Crippen LogP contribution in [0.4, 0.5) is 0 Å². The van der Waals surface area contributed by atoms with Gasteiger partial charge < -0.3 is 9.13 Å². The van der Waals surface area contributed by atoms with Gasteiger partial charge in [-0.3, -0.25) is 0 Å². The van der Waals surface area contributed by atoms with Crippen molar-refractivity contribution in [2.24, 2.45) is 0 Å². The Morgan fingerprint density at radius 3 is 1.00 bits per heavy atom. The SMILES string of the molecule is CC(C)P(=O)(c1ccccc1)c1ccccc1.CC(C)c1ccc(P(=O)(c2ccccc2)c2ccccc2)cc1. The van der Waals surface area contributed by atoms with Crippen LogP contribution in [0, 0.1) is 0 Å². The van der Waals surface area contributed by atoms with Crippen molar-refractivity contribution in [3.63, 3.8) is 0 Å². The molecule has 5 rings (SSSR count). The highest BCUT2D eigenvalue weighted by molar-refractivity contribution is 7.85. The minimum atomic E-state index is -2.83. The Kier molecular flexibility index (Phi) is 9.80. The number of hydrogen-bond acceptors (Lipinski definition) is 2. The number of rotatable bonds is 7. The fourth-order valence-electron chi connectivity index (χ4n) is 4.84. The van der Waals surface area contributed by atoms with E-state index in [-0.39, 0.29) is 5.66 Å². The van der Waals surface area contributed by atoms with E-state index in [4.69, 9.17) is 0 Å². The topological polar surface area (TPSA) is 34.1 Å². The van der Waals surface area contributed by atoms with Crippen LogP contribution in [0.1, 0.15) is 39.2 Å². The van der Waals surface area contributed by atoms with E-state index < -0.39 is 14.3 Å². The lowest BCUT2D eigenvalue weighted by Crippen LogP contribution is -2.24. The second-order valence-electron chi connectivity index (χ2n) is 10.4. The molecule has 5 aromatic carbocycles. The normalized spacial score (nSPS) is 11.7. The van der Waals surface area contributed by atoms with E-state index in [1.165, 1.54) is 5.56 Å². The summed E-state index contributed by atoms with van der Waals surface area (Å²) in [6.45, 7) is 8.40. The molecule has 0 heterocycles. The van der Waals surface area contributed by atoms with Gasteiger partial charge in [0.1, 0.15) is 7.14 Å². The van der Waals surface area contributed by atoms with Crippen LogP contribution in [0.25, 0.3) is 0 Å². The number of benzene rings is 5. The summed E-state index contributed by atoms with van der Waals surface area (Å²) in [6, 6.07) is 47.4. The Hall–Kier alpha value is -3.44. The van der Waals surface area contributed by atoms with Gasteiger partial charge in [-0.1, -0.05) is 173 Å². The van der Waals surface area contributed by atoms with E-state index in [0.717, 1.165) is 26.5 Å². The predicted molar refractivity (Wildman–Crippen MR) is 175 cm³/mol. The molecule has 0 amide bonds. The van der Waals surface area contributed by atoms with Crippen molar-refractivity contribution < 1.29 is 9.13 Å². The third-order valence-corrected chi connectivity index (χ3v) is 13.8. The quantitative estimate of drug-likeness (QED) is 0.189. The molecular weight excluding hydrogens is 526 g/mol. The molecule has 0 saturated carbocycles. The van der Waals surface area contributed by atoms with E-state index in [0.29, 0.717) is 5.92 Å². The summed E-state index contributed by atoms with van der Waals surface area (Å²) in [6.07, 6.45) is 0. The maximum atomic E-state index is 14.1. The molecule has 4 heteroatoms. The zero-order chi connectivity index (χ0) is 28.6. The van der Waals surface area contributed by atoms with Gasteiger partial charge in [-0.2, -0.15) is 0 Å². The molecule has 0 N–H and O–H groups in total. The zero-order valence-electron chi connectivity index (χ0n) is 23.7. The van der Waals surface area contributed by atoms with E-state index in [1.54, 1.807) is 0 Å². The summed E-state index contributed by atoms with van der Waals surface area (Å²) < 4.78 is 27.4. The summed E-state index contributed by atoms with van der Waals surface area (Å²) in [5.41, 5.74) is 1.38. The highest BCUT2D eigenvalue weighted by atomic mass is 31.2. The minimum absolute atomic E-state index is 0.118. The molecule has 204 valence electrons. The van der Waals surface area contributed by atoms with Gasteiger partial charge in [0.05, 0.1) is 0 Å². The molecule has 0 spiro atoms. The van der Waals surface area contributed by atoms with Crippen molar-refractivity contribution in [2.45, 2.75) is 39.3 Å². The Morgan fingerprint density at radius 1 is 0.400 bits per heavy atom. The fraction of sp³-hybridized carbons (Fsp3) is 0.167. The Labute approximate surface area is 239 Å². The Bertz CT molecular complexity index is 1480. The molecule has 0 aliphatic rings. The molecule has 0 aliphatic carbocycles. The van der Waals surface area contributed by atoms with Crippen molar-refractivity contribution in [1.29, 1.82) is 0 Å². The zero-order valence-corrected chi connectivity index (χ0v) is 25.5. The first-order valence-corrected chi connectivity index (χ1v) is 17.3. The molecule has 0 bridgehead atoms. The first-order chi connectivity index (χ1) is 19.3. The molecule has 40 heavy (non-hydrogen) atoms. The van der Waals surface area contributed by atoms with Gasteiger partial charge in [-0.15, -0.1) is 0 Å². The molecule has 5 aromatic rings. The van der Waals surface area contributed by atoms with Gasteiger partial charge in [0, 0.05) is 32.2 Å². The Morgan fingerprint density at radius 2 is 0.700 bits per heavy atom. The van der Waals surface area contributed by atoms with Crippen LogP contribution in [0.5, 0.6) is 0 Å². The van der Waals surface area contributed by atoms with Gasteiger partial charge in [0.2, 0.25) is 0 Å². The molecule has 0 radical (unpaired) electrons. The summed E-state index contributed by atoms with van der Waals surface area (Å²) in [7, 11) is -5.32. The molecule has 0 saturated heterocycles. The van der Waals surface area contributed by atoms with Crippen LogP contribution in [0.2, 0.25) is 0 Å². The lowest BCUT2D eigenvalue weighted by atomic mass is 10.0. The third-order valence-electron chi connectivity index (χ3n) is 7.17. The van der Waals surface area contributed by atoms with Crippen molar-refractivity contribution in [3.8, 4) is 0 Å². The third kappa shape index (κ3) is 6.31. The van der Waals surface area contributed by atoms with Crippen molar-refractivity contribution in [3.05, 3.63) is 151 Å². The summed E-state index contributed by atoms with van der Waals surface area (Å²) in [5, 5.41) is 4.54. The average molecular weight is 565 g/mol. The van der Waals surface area contributed by atoms with Crippen LogP contribution >= 0.6 is 14.3 Å². The van der Waals surface area contributed by atoms with Gasteiger partial charge in [0.15, 0.2) is 7.14 Å². The van der Waals surface area contributed by atoms with Crippen LogP contribution in [0.15, 0.2) is 146 Å². The second kappa shape index (κ2) is 13.3. The summed E-state index contributed by atoms with van der Waals surface area (Å²) in [5.74, 6) is 0.469. The van der Waals surface area contributed by atoms with Crippen LogP contribution in [0.3, 0.4) is 0 Å². The predicted octanol–water partition coefficient (Wildman–Crippen LogP) is 7.86. The van der Waals surface area contributed by atoms with Crippen molar-refractivity contribution in [2.75, 3.05) is 0 Å². The second-order valence-corrected chi connectivity index (χ2v) is 16.6. The standard InChI is InChI=1S/C21H21OP.C15H17OP/c1-17(2)18-13-15-21(16-14-18)23(22,19-9-5-3-6-10-19)20-11-7-4-8-12-20;1-13(2)17(16,14-9-5-3-6-10-14)15-11-7-4-8-12-15/h3-17H,1-2H3;3-13H,1-2H3. The van der Waals surface area contributed by atoms with E-state index in [2.05, 4.69) is 26.0 Å². The fourth-order valence-corrected chi connectivity index (χ4v) is 10.2. The van der Waals surface area contributed by atoms with Crippen LogP contribution in [-0.4, -0.2) is 5.66 Å². The molecular formula is C36H38O2P2. The van der Waals surface area contributed by atoms with Crippen LogP contribution < -0.4 is 26.5 Å². The lowest BCUT2D eigenvalue weighted by molar-refractivity contribution is 0.581. The van der Waals surface area contributed by atoms with Crippen LogP contribution in [-0.2, 0) is 9.13 Å². The average Bonchev–Trinajstić information content (AvgIpc) is 3.02. The van der Waals surface area contributed by atoms with E-state index in [1.807, 2.05) is 147 Å². The first kappa shape index (κ1) is 29.5. The van der Waals surface area contributed by atoms with Gasteiger partial charge in [0.25, 0.3) is 0 Å². The number of hydrogen-bond donors (Lipinski definition) is 0. The minimum Gasteiger partial charge on any atom is -0.313 e. The largest absolute Gasteiger partial charge is 0.313 e. The molecule has 0 fully saturated rings. The molecule has 2 nitrogen and oxygen atoms in total. The van der Waals surface area contributed by atoms with Gasteiger partial charge in [-0.25, -0.2) is 0 Å². The van der Waals surface area contributed by atoms with E-state index in [9.17, 15) is 9.13 Å². The monoisotopic (exact) mass is 564 g/mol. The maximum absolute atomic E-state index is 14.1. The van der Waals surface area contributed by atoms with Gasteiger partial charge >= 0.3 is 0 Å². The van der Waals surface area contributed by atoms with Gasteiger partial charge in [-0.05, 0) is 11.5 Å². The van der Waals surface area contributed by atoms with Crippen molar-refractivity contribution in [1.82, 2.24) is 0 Å². The Balaban J connectivity index is 0.000000194.